The van der Waals surface area contributed by atoms with Gasteiger partial charge in [0.25, 0.3) is 0 Å². The van der Waals surface area contributed by atoms with E-state index in [9.17, 15) is 34.2 Å². The van der Waals surface area contributed by atoms with Crippen LogP contribution < -0.4 is 16.4 Å². The van der Waals surface area contributed by atoms with E-state index in [1.165, 1.54) is 24.3 Å². The lowest BCUT2D eigenvalue weighted by Gasteiger charge is -2.28. The van der Waals surface area contributed by atoms with E-state index >= 15 is 0 Å². The normalized spacial score (nSPS) is 19.2. The summed E-state index contributed by atoms with van der Waals surface area (Å²) in [5.41, 5.74) is 6.13. The van der Waals surface area contributed by atoms with Crippen LogP contribution in [0.15, 0.2) is 12.5 Å². The second-order valence-corrected chi connectivity index (χ2v) is 7.80. The molecule has 14 nitrogen and oxygen atoms in total. The zero-order valence-electron chi connectivity index (χ0n) is 17.9. The number of carboxylic acids is 2. The smallest absolute Gasteiger partial charge is 0.328 e. The average molecular weight is 468 g/mol. The summed E-state index contributed by atoms with van der Waals surface area (Å²) in [6.07, 6.45) is 1.49. The summed E-state index contributed by atoms with van der Waals surface area (Å²) in [7, 11) is 0. The van der Waals surface area contributed by atoms with Crippen molar-refractivity contribution in [3.63, 3.8) is 0 Å². The van der Waals surface area contributed by atoms with E-state index in [1.54, 1.807) is 0 Å². The third kappa shape index (κ3) is 6.98. The van der Waals surface area contributed by atoms with E-state index in [4.69, 9.17) is 10.8 Å². The maximum Gasteiger partial charge on any atom is 0.328 e. The van der Waals surface area contributed by atoms with Crippen LogP contribution in [0.1, 0.15) is 31.9 Å². The van der Waals surface area contributed by atoms with E-state index in [0.717, 1.165) is 0 Å². The molecule has 3 amide bonds. The topological polar surface area (TPSA) is 228 Å². The molecule has 8 N–H and O–H groups in total. The number of nitrogens with two attached hydrogens (primary N) is 1. The molecule has 0 bridgehead atoms. The fourth-order valence-electron chi connectivity index (χ4n) is 3.53. The van der Waals surface area contributed by atoms with Crippen molar-refractivity contribution in [2.24, 2.45) is 5.73 Å². The van der Waals surface area contributed by atoms with E-state index in [1.807, 2.05) is 0 Å². The molecule has 5 atom stereocenters. The Hall–Kier alpha value is -3.52. The lowest BCUT2D eigenvalue weighted by Crippen LogP contribution is -2.58. The van der Waals surface area contributed by atoms with E-state index in [-0.39, 0.29) is 19.4 Å². The number of rotatable bonds is 11. The van der Waals surface area contributed by atoms with Gasteiger partial charge in [-0.2, -0.15) is 0 Å². The van der Waals surface area contributed by atoms with Crippen LogP contribution in [0.2, 0.25) is 0 Å². The summed E-state index contributed by atoms with van der Waals surface area (Å²) in [6.45, 7) is 1.40. The molecular formula is C19H28N6O8. The number of aliphatic hydroxyl groups excluding tert-OH is 1. The number of aliphatic hydroxyl groups is 1. The second kappa shape index (κ2) is 11.4. The summed E-state index contributed by atoms with van der Waals surface area (Å²) in [5, 5.41) is 32.4. The molecular weight excluding hydrogens is 440 g/mol. The molecule has 0 aromatic carbocycles. The van der Waals surface area contributed by atoms with Gasteiger partial charge in [0.1, 0.15) is 12.1 Å². The summed E-state index contributed by atoms with van der Waals surface area (Å²) in [6, 6.07) is -5.13. The van der Waals surface area contributed by atoms with Crippen LogP contribution in [-0.2, 0) is 30.4 Å². The lowest BCUT2D eigenvalue weighted by molar-refractivity contribution is -0.145. The number of amides is 3. The Labute approximate surface area is 188 Å². The molecule has 1 aromatic rings. The van der Waals surface area contributed by atoms with Gasteiger partial charge >= 0.3 is 11.9 Å². The molecule has 0 saturated carbocycles. The molecule has 1 aliphatic heterocycles. The number of aliphatic carboxylic acids is 2. The quantitative estimate of drug-likeness (QED) is 0.176. The Morgan fingerprint density at radius 2 is 1.97 bits per heavy atom. The minimum absolute atomic E-state index is 0.0666. The molecule has 0 radical (unpaired) electrons. The third-order valence-corrected chi connectivity index (χ3v) is 5.21. The predicted molar refractivity (Wildman–Crippen MR) is 110 cm³/mol. The van der Waals surface area contributed by atoms with Crippen LogP contribution in [0.4, 0.5) is 0 Å². The number of aromatic nitrogens is 2. The van der Waals surface area contributed by atoms with Crippen molar-refractivity contribution in [2.75, 3.05) is 6.54 Å². The van der Waals surface area contributed by atoms with Gasteiger partial charge in [0.2, 0.25) is 17.7 Å². The van der Waals surface area contributed by atoms with Gasteiger partial charge in [-0.15, -0.1) is 0 Å². The number of carbonyl (C=O) groups is 5. The number of H-pyrrole nitrogens is 1. The second-order valence-electron chi connectivity index (χ2n) is 7.80. The van der Waals surface area contributed by atoms with Crippen LogP contribution in [0.5, 0.6) is 0 Å². The van der Waals surface area contributed by atoms with Crippen molar-refractivity contribution in [1.29, 1.82) is 0 Å². The van der Waals surface area contributed by atoms with Gasteiger partial charge < -0.3 is 41.6 Å². The highest BCUT2D eigenvalue weighted by molar-refractivity contribution is 5.95. The molecule has 0 aliphatic carbocycles. The number of hydrogen-bond acceptors (Lipinski definition) is 8. The first-order valence-corrected chi connectivity index (χ1v) is 10.3. The Kier molecular flexibility index (Phi) is 8.87. The Balaban J connectivity index is 2.16. The summed E-state index contributed by atoms with van der Waals surface area (Å²) < 4.78 is 0. The molecule has 5 unspecified atom stereocenters. The molecule has 33 heavy (non-hydrogen) atoms. The van der Waals surface area contributed by atoms with Crippen LogP contribution >= 0.6 is 0 Å². The molecule has 2 rings (SSSR count). The highest BCUT2D eigenvalue weighted by Gasteiger charge is 2.38. The minimum atomic E-state index is -1.60. The fraction of sp³-hybridized carbons (Fsp3) is 0.579. The van der Waals surface area contributed by atoms with Crippen molar-refractivity contribution in [3.8, 4) is 0 Å². The molecule has 182 valence electrons. The van der Waals surface area contributed by atoms with Gasteiger partial charge in [-0.25, -0.2) is 9.78 Å². The standard InChI is InChI=1S/C19H28N6O8/c1-9(26)15(19(32)33)24-16(29)12(5-10-7-21-8-22-10)23-17(30)13-3-2-4-25(13)18(31)11(20)6-14(27)28/h7-9,11-13,15,26H,2-6,20H2,1H3,(H,21,22)(H,23,30)(H,24,29)(H,27,28)(H,32,33). The average Bonchev–Trinajstić information content (AvgIpc) is 3.41. The summed E-state index contributed by atoms with van der Waals surface area (Å²) >= 11 is 0. The Morgan fingerprint density at radius 1 is 1.27 bits per heavy atom. The van der Waals surface area contributed by atoms with Crippen LogP contribution in [0, 0.1) is 0 Å². The maximum atomic E-state index is 13.0. The molecule has 1 aliphatic rings. The number of likely N-dealkylation sites (tertiary alicyclic amines) is 1. The van der Waals surface area contributed by atoms with E-state index in [0.29, 0.717) is 12.1 Å². The molecule has 1 saturated heterocycles. The van der Waals surface area contributed by atoms with Crippen molar-refractivity contribution in [1.82, 2.24) is 25.5 Å². The van der Waals surface area contributed by atoms with Gasteiger partial charge in [0.05, 0.1) is 24.9 Å². The van der Waals surface area contributed by atoms with E-state index in [2.05, 4.69) is 20.6 Å². The number of carboxylic acid groups (broad SMARTS) is 2. The van der Waals surface area contributed by atoms with Crippen molar-refractivity contribution in [3.05, 3.63) is 18.2 Å². The van der Waals surface area contributed by atoms with Crippen LogP contribution in [0.3, 0.4) is 0 Å². The number of carbonyl (C=O) groups excluding carboxylic acids is 3. The molecule has 1 aromatic heterocycles. The SMILES string of the molecule is CC(O)C(NC(=O)C(Cc1cnc[nH]1)NC(=O)C1CCCN1C(=O)C(N)CC(=O)O)C(=O)O. The molecule has 14 heteroatoms. The minimum Gasteiger partial charge on any atom is -0.481 e. The first-order valence-electron chi connectivity index (χ1n) is 10.3. The van der Waals surface area contributed by atoms with Crippen molar-refractivity contribution in [2.45, 2.75) is 62.9 Å². The van der Waals surface area contributed by atoms with Crippen molar-refractivity contribution < 1.29 is 39.3 Å². The van der Waals surface area contributed by atoms with Gasteiger partial charge in [0.15, 0.2) is 6.04 Å². The largest absolute Gasteiger partial charge is 0.481 e. The molecule has 2 heterocycles. The molecule has 0 spiro atoms. The molecule has 1 fully saturated rings. The van der Waals surface area contributed by atoms with Crippen LogP contribution in [-0.4, -0.2) is 96.7 Å². The monoisotopic (exact) mass is 468 g/mol. The Morgan fingerprint density at radius 3 is 2.52 bits per heavy atom. The summed E-state index contributed by atoms with van der Waals surface area (Å²) in [4.78, 5) is 68.3. The maximum absolute atomic E-state index is 13.0. The zero-order valence-corrected chi connectivity index (χ0v) is 17.9. The van der Waals surface area contributed by atoms with Gasteiger partial charge in [0, 0.05) is 24.9 Å². The van der Waals surface area contributed by atoms with Gasteiger partial charge in [-0.05, 0) is 19.8 Å². The number of imidazole rings is 1. The highest BCUT2D eigenvalue weighted by atomic mass is 16.4. The number of nitrogens with one attached hydrogen (secondary N) is 3. The van der Waals surface area contributed by atoms with Gasteiger partial charge in [-0.1, -0.05) is 0 Å². The Bertz CT molecular complexity index is 874. The first-order chi connectivity index (χ1) is 15.5. The van der Waals surface area contributed by atoms with E-state index < -0.39 is 66.4 Å². The first kappa shape index (κ1) is 25.7. The highest BCUT2D eigenvalue weighted by Crippen LogP contribution is 2.19. The number of aromatic amines is 1. The van der Waals surface area contributed by atoms with Gasteiger partial charge in [-0.3, -0.25) is 19.2 Å². The predicted octanol–water partition coefficient (Wildman–Crippen LogP) is -2.82. The summed E-state index contributed by atoms with van der Waals surface area (Å²) in [5.74, 6) is -4.93. The van der Waals surface area contributed by atoms with Crippen molar-refractivity contribution >= 4 is 29.7 Å². The number of nitrogens with zero attached hydrogens (tertiary/aromatic N) is 2. The lowest BCUT2D eigenvalue weighted by atomic mass is 10.1. The third-order valence-electron chi connectivity index (χ3n) is 5.21. The fourth-order valence-corrected chi connectivity index (χ4v) is 3.53. The zero-order chi connectivity index (χ0) is 24.7. The van der Waals surface area contributed by atoms with Crippen LogP contribution in [0.25, 0.3) is 0 Å². The number of hydrogen-bond donors (Lipinski definition) is 7.